The fourth-order valence-electron chi connectivity index (χ4n) is 1.40. The summed E-state index contributed by atoms with van der Waals surface area (Å²) in [4.78, 5) is 10.8. The molecule has 0 amide bonds. The van der Waals surface area contributed by atoms with Crippen molar-refractivity contribution in [3.63, 3.8) is 0 Å². The molecule has 0 aliphatic heterocycles. The molecule has 0 heterocycles. The molecular weight excluding hydrogens is 164 g/mol. The quantitative estimate of drug-likeness (QED) is 0.377. The lowest BCUT2D eigenvalue weighted by Gasteiger charge is -2.19. The molecule has 5 nitrogen and oxygen atoms in total. The Balaban J connectivity index is 2.64. The Morgan fingerprint density at radius 2 is 2.08 bits per heavy atom. The van der Waals surface area contributed by atoms with Crippen molar-refractivity contribution < 1.29 is 25.2 Å². The van der Waals surface area contributed by atoms with Gasteiger partial charge in [-0.25, -0.2) is 0 Å². The SMILES string of the molecule is O=C1C[C@H](C(O)CO)[C@@H](O)[C@@H]1O. The minimum Gasteiger partial charge on any atom is -0.394 e. The highest BCUT2D eigenvalue weighted by Crippen LogP contribution is 2.26. The highest BCUT2D eigenvalue weighted by molar-refractivity contribution is 5.86. The van der Waals surface area contributed by atoms with E-state index >= 15 is 0 Å². The molecule has 1 aliphatic carbocycles. The zero-order valence-corrected chi connectivity index (χ0v) is 6.42. The third kappa shape index (κ3) is 1.49. The average Bonchev–Trinajstić information content (AvgIpc) is 2.32. The van der Waals surface area contributed by atoms with E-state index in [9.17, 15) is 9.90 Å². The molecule has 1 fully saturated rings. The van der Waals surface area contributed by atoms with Crippen molar-refractivity contribution in [3.05, 3.63) is 0 Å². The molecule has 70 valence electrons. The summed E-state index contributed by atoms with van der Waals surface area (Å²) in [6.45, 7) is -0.512. The van der Waals surface area contributed by atoms with Crippen molar-refractivity contribution in [2.24, 2.45) is 5.92 Å². The van der Waals surface area contributed by atoms with Crippen molar-refractivity contribution in [2.75, 3.05) is 6.61 Å². The number of rotatable bonds is 2. The fourth-order valence-corrected chi connectivity index (χ4v) is 1.40. The molecule has 1 aliphatic rings. The van der Waals surface area contributed by atoms with Gasteiger partial charge in [-0.2, -0.15) is 0 Å². The molecule has 1 unspecified atom stereocenters. The highest BCUT2D eigenvalue weighted by Gasteiger charge is 2.43. The second-order valence-electron chi connectivity index (χ2n) is 3.02. The first-order chi connectivity index (χ1) is 5.57. The van der Waals surface area contributed by atoms with Gasteiger partial charge >= 0.3 is 0 Å². The van der Waals surface area contributed by atoms with Crippen molar-refractivity contribution in [3.8, 4) is 0 Å². The van der Waals surface area contributed by atoms with Crippen LogP contribution in [-0.2, 0) is 4.79 Å². The second kappa shape index (κ2) is 3.49. The maximum absolute atomic E-state index is 10.8. The summed E-state index contributed by atoms with van der Waals surface area (Å²) in [7, 11) is 0. The van der Waals surface area contributed by atoms with Crippen LogP contribution in [0.2, 0.25) is 0 Å². The van der Waals surface area contributed by atoms with E-state index in [0.29, 0.717) is 0 Å². The third-order valence-corrected chi connectivity index (χ3v) is 2.21. The minimum absolute atomic E-state index is 0.0793. The number of Topliss-reactive ketones (excluding diaryl/α,β-unsaturated/α-hetero) is 1. The molecule has 12 heavy (non-hydrogen) atoms. The number of carbonyl (C=O) groups is 1. The first kappa shape index (κ1) is 9.60. The van der Waals surface area contributed by atoms with Gasteiger partial charge in [0.2, 0.25) is 0 Å². The molecule has 0 bridgehead atoms. The lowest BCUT2D eigenvalue weighted by molar-refractivity contribution is -0.126. The predicted molar refractivity (Wildman–Crippen MR) is 38.2 cm³/mol. The van der Waals surface area contributed by atoms with Gasteiger partial charge in [0.15, 0.2) is 5.78 Å². The first-order valence-electron chi connectivity index (χ1n) is 3.75. The molecule has 5 heteroatoms. The van der Waals surface area contributed by atoms with Crippen LogP contribution in [0.15, 0.2) is 0 Å². The predicted octanol–water partition coefficient (Wildman–Crippen LogP) is -2.35. The Kier molecular flexibility index (Phi) is 2.79. The summed E-state index contributed by atoms with van der Waals surface area (Å²) in [5.74, 6) is -1.22. The maximum atomic E-state index is 10.8. The normalized spacial score (nSPS) is 38.7. The monoisotopic (exact) mass is 176 g/mol. The van der Waals surface area contributed by atoms with Crippen LogP contribution < -0.4 is 0 Å². The van der Waals surface area contributed by atoms with E-state index in [2.05, 4.69) is 0 Å². The molecule has 4 atom stereocenters. The zero-order valence-electron chi connectivity index (χ0n) is 6.42. The average molecular weight is 176 g/mol. The summed E-state index contributed by atoms with van der Waals surface area (Å²) in [5.41, 5.74) is 0. The van der Waals surface area contributed by atoms with Gasteiger partial charge in [-0.1, -0.05) is 0 Å². The Labute approximate surface area is 69.3 Å². The number of hydrogen-bond acceptors (Lipinski definition) is 5. The number of aliphatic hydroxyl groups is 4. The number of aliphatic hydroxyl groups excluding tert-OH is 4. The molecule has 0 aromatic rings. The van der Waals surface area contributed by atoms with Gasteiger partial charge in [0.1, 0.15) is 6.10 Å². The van der Waals surface area contributed by atoms with E-state index in [4.69, 9.17) is 15.3 Å². The number of carbonyl (C=O) groups excluding carboxylic acids is 1. The summed E-state index contributed by atoms with van der Waals surface area (Å²) < 4.78 is 0. The van der Waals surface area contributed by atoms with Crippen LogP contribution in [0.3, 0.4) is 0 Å². The van der Waals surface area contributed by atoms with E-state index in [0.717, 1.165) is 0 Å². The van der Waals surface area contributed by atoms with Gasteiger partial charge in [0.05, 0.1) is 18.8 Å². The highest BCUT2D eigenvalue weighted by atomic mass is 16.3. The molecular formula is C7H12O5. The van der Waals surface area contributed by atoms with Crippen LogP contribution in [0.1, 0.15) is 6.42 Å². The molecule has 0 saturated heterocycles. The molecule has 0 aromatic heterocycles. The molecule has 0 radical (unpaired) electrons. The van der Waals surface area contributed by atoms with Crippen LogP contribution in [-0.4, -0.2) is 51.1 Å². The Hall–Kier alpha value is -0.490. The van der Waals surface area contributed by atoms with Crippen LogP contribution in [0.25, 0.3) is 0 Å². The van der Waals surface area contributed by atoms with Crippen LogP contribution in [0, 0.1) is 5.92 Å². The topological polar surface area (TPSA) is 98.0 Å². The molecule has 4 N–H and O–H groups in total. The Morgan fingerprint density at radius 3 is 2.42 bits per heavy atom. The van der Waals surface area contributed by atoms with Crippen LogP contribution in [0.4, 0.5) is 0 Å². The minimum atomic E-state index is -1.41. The summed E-state index contributed by atoms with van der Waals surface area (Å²) in [5, 5.41) is 35.8. The maximum Gasteiger partial charge on any atom is 0.164 e. The Bertz CT molecular complexity index is 181. The fraction of sp³-hybridized carbons (Fsp3) is 0.857. The zero-order chi connectivity index (χ0) is 9.30. The largest absolute Gasteiger partial charge is 0.394 e. The van der Waals surface area contributed by atoms with Gasteiger partial charge in [-0.15, -0.1) is 0 Å². The second-order valence-corrected chi connectivity index (χ2v) is 3.02. The molecule has 1 rings (SSSR count). The van der Waals surface area contributed by atoms with Crippen molar-refractivity contribution in [2.45, 2.75) is 24.7 Å². The lowest BCUT2D eigenvalue weighted by Crippen LogP contribution is -2.35. The summed E-state index contributed by atoms with van der Waals surface area (Å²) >= 11 is 0. The smallest absolute Gasteiger partial charge is 0.164 e. The third-order valence-electron chi connectivity index (χ3n) is 2.21. The van der Waals surface area contributed by atoms with Crippen LogP contribution >= 0.6 is 0 Å². The van der Waals surface area contributed by atoms with E-state index in [1.54, 1.807) is 0 Å². The Morgan fingerprint density at radius 1 is 1.50 bits per heavy atom. The number of ketones is 1. The van der Waals surface area contributed by atoms with E-state index in [1.165, 1.54) is 0 Å². The van der Waals surface area contributed by atoms with E-state index < -0.39 is 36.6 Å². The lowest BCUT2D eigenvalue weighted by atomic mass is 9.99. The molecule has 1 saturated carbocycles. The van der Waals surface area contributed by atoms with Gasteiger partial charge in [0.25, 0.3) is 0 Å². The van der Waals surface area contributed by atoms with E-state index in [-0.39, 0.29) is 6.42 Å². The van der Waals surface area contributed by atoms with Crippen molar-refractivity contribution >= 4 is 5.78 Å². The van der Waals surface area contributed by atoms with Crippen molar-refractivity contribution in [1.29, 1.82) is 0 Å². The van der Waals surface area contributed by atoms with Crippen molar-refractivity contribution in [1.82, 2.24) is 0 Å². The standard InChI is InChI=1S/C7H12O5/c8-2-5(10)3-1-4(9)7(12)6(3)11/h3,5-8,10-12H,1-2H2/t3-,5?,6-,7-/m1/s1. The summed E-state index contributed by atoms with van der Waals surface area (Å²) in [6, 6.07) is 0. The van der Waals surface area contributed by atoms with E-state index in [1.807, 2.05) is 0 Å². The number of hydrogen-bond donors (Lipinski definition) is 4. The molecule has 0 spiro atoms. The van der Waals surface area contributed by atoms with Gasteiger partial charge < -0.3 is 20.4 Å². The van der Waals surface area contributed by atoms with Gasteiger partial charge in [-0.05, 0) is 0 Å². The summed E-state index contributed by atoms with van der Waals surface area (Å²) in [6.07, 6.45) is -3.87. The van der Waals surface area contributed by atoms with Crippen LogP contribution in [0.5, 0.6) is 0 Å². The van der Waals surface area contributed by atoms with Gasteiger partial charge in [-0.3, -0.25) is 4.79 Å². The van der Waals surface area contributed by atoms with Gasteiger partial charge in [0, 0.05) is 12.3 Å². The first-order valence-corrected chi connectivity index (χ1v) is 3.75. The molecule has 0 aromatic carbocycles.